The fourth-order valence-electron chi connectivity index (χ4n) is 6.61. The van der Waals surface area contributed by atoms with E-state index in [1.807, 2.05) is 6.07 Å². The van der Waals surface area contributed by atoms with Crippen molar-refractivity contribution in [2.24, 2.45) is 23.2 Å². The number of nitrogens with zero attached hydrogens (tertiary/aromatic N) is 1. The van der Waals surface area contributed by atoms with E-state index in [1.54, 1.807) is 4.90 Å². The summed E-state index contributed by atoms with van der Waals surface area (Å²) < 4.78 is 0. The lowest BCUT2D eigenvalue weighted by Gasteiger charge is -2.31. The van der Waals surface area contributed by atoms with Gasteiger partial charge in [0.2, 0.25) is 17.7 Å². The molecule has 1 aromatic rings. The summed E-state index contributed by atoms with van der Waals surface area (Å²) in [6, 6.07) is 5.08. The van der Waals surface area contributed by atoms with Gasteiger partial charge in [-0.15, -0.1) is 0 Å². The Morgan fingerprint density at radius 1 is 1.24 bits per heavy atom. The predicted molar refractivity (Wildman–Crippen MR) is 127 cm³/mol. The van der Waals surface area contributed by atoms with E-state index in [2.05, 4.69) is 36.6 Å². The van der Waals surface area contributed by atoms with Crippen LogP contribution in [0.25, 0.3) is 0 Å². The third kappa shape index (κ3) is 4.14. The topological polar surface area (TPSA) is 95.6 Å². The highest BCUT2D eigenvalue weighted by atomic mass is 16.2. The van der Waals surface area contributed by atoms with Crippen molar-refractivity contribution in [3.05, 3.63) is 34.9 Å². The van der Waals surface area contributed by atoms with Gasteiger partial charge in [0, 0.05) is 19.0 Å². The monoisotopic (exact) mass is 465 g/mol. The highest BCUT2D eigenvalue weighted by Gasteiger charge is 2.69. The van der Waals surface area contributed by atoms with Gasteiger partial charge in [0.05, 0.1) is 12.5 Å². The van der Waals surface area contributed by atoms with Crippen LogP contribution in [0.3, 0.4) is 0 Å². The van der Waals surface area contributed by atoms with Gasteiger partial charge in [0.1, 0.15) is 12.3 Å². The minimum atomic E-state index is -0.722. The average Bonchev–Trinajstić information content (AvgIpc) is 3.18. The van der Waals surface area contributed by atoms with E-state index in [0.717, 1.165) is 18.4 Å². The number of aldehydes is 1. The Bertz CT molecular complexity index is 1020. The fraction of sp³-hybridized carbons (Fsp3) is 0.630. The second kappa shape index (κ2) is 8.82. The average molecular weight is 466 g/mol. The van der Waals surface area contributed by atoms with E-state index in [1.165, 1.54) is 24.0 Å². The lowest BCUT2D eigenvalue weighted by atomic mass is 9.90. The van der Waals surface area contributed by atoms with Gasteiger partial charge in [-0.1, -0.05) is 32.0 Å². The third-order valence-electron chi connectivity index (χ3n) is 8.76. The van der Waals surface area contributed by atoms with Crippen molar-refractivity contribution >= 4 is 24.0 Å². The minimum absolute atomic E-state index is 0.00657. The molecule has 0 bridgehead atoms. The first-order valence-corrected chi connectivity index (χ1v) is 12.7. The molecule has 2 heterocycles. The molecule has 182 valence electrons. The molecule has 0 radical (unpaired) electrons. The van der Waals surface area contributed by atoms with Crippen LogP contribution in [0.4, 0.5) is 0 Å². The summed E-state index contributed by atoms with van der Waals surface area (Å²) in [5.41, 5.74) is 3.75. The first-order valence-electron chi connectivity index (χ1n) is 12.7. The van der Waals surface area contributed by atoms with E-state index in [0.29, 0.717) is 38.1 Å². The fourth-order valence-corrected chi connectivity index (χ4v) is 6.61. The van der Waals surface area contributed by atoms with Crippen LogP contribution in [-0.2, 0) is 38.4 Å². The van der Waals surface area contributed by atoms with Crippen molar-refractivity contribution in [1.29, 1.82) is 0 Å². The number of hydrogen-bond donors (Lipinski definition) is 2. The van der Waals surface area contributed by atoms with Crippen molar-refractivity contribution in [3.63, 3.8) is 0 Å². The number of likely N-dealkylation sites (tertiary alicyclic amines) is 1. The first-order chi connectivity index (χ1) is 16.3. The maximum atomic E-state index is 13.4. The zero-order chi connectivity index (χ0) is 24.0. The van der Waals surface area contributed by atoms with E-state index in [4.69, 9.17) is 0 Å². The molecule has 1 aromatic carbocycles. The highest BCUT2D eigenvalue weighted by molar-refractivity contribution is 5.92. The van der Waals surface area contributed by atoms with Crippen LogP contribution < -0.4 is 10.6 Å². The summed E-state index contributed by atoms with van der Waals surface area (Å²) in [5, 5.41) is 5.64. The normalized spacial score (nSPS) is 29.6. The standard InChI is InChI=1S/C27H35N3O4/c1-27(2)21-14-30(22(32)12-16-7-8-17-5-3-4-6-18(17)11-16)24(23(21)27)26(34)29-20(15-31)13-19-9-10-28-25(19)33/h7-8,11,15,19-21,23-24H,3-6,9-10,12-14H2,1-2H3,(H,28,33)(H,29,34)/t19-,20-,21-,23-,24-/m0/s1. The van der Waals surface area contributed by atoms with Gasteiger partial charge in [-0.05, 0) is 72.5 Å². The number of amides is 3. The molecule has 3 fully saturated rings. The zero-order valence-corrected chi connectivity index (χ0v) is 20.1. The molecule has 5 atom stereocenters. The van der Waals surface area contributed by atoms with Crippen LogP contribution in [0.5, 0.6) is 0 Å². The number of carbonyl (C=O) groups excluding carboxylic acids is 4. The maximum absolute atomic E-state index is 13.4. The van der Waals surface area contributed by atoms with Crippen LogP contribution >= 0.6 is 0 Å². The number of fused-ring (bicyclic) bond motifs is 2. The Balaban J connectivity index is 1.28. The Morgan fingerprint density at radius 2 is 2.00 bits per heavy atom. The molecule has 5 rings (SSSR count). The van der Waals surface area contributed by atoms with Crippen LogP contribution in [0.1, 0.15) is 56.2 Å². The third-order valence-corrected chi connectivity index (χ3v) is 8.76. The molecule has 1 saturated carbocycles. The number of hydrogen-bond acceptors (Lipinski definition) is 4. The Morgan fingerprint density at radius 3 is 2.71 bits per heavy atom. The molecule has 0 unspecified atom stereocenters. The number of piperidine rings is 1. The molecule has 0 spiro atoms. The Hall–Kier alpha value is -2.70. The van der Waals surface area contributed by atoms with Gasteiger partial charge in [0.15, 0.2) is 0 Å². The minimum Gasteiger partial charge on any atom is -0.356 e. The SMILES string of the molecule is CC1(C)[C@@H]2[C@@H](C(=O)N[C@H](C=O)C[C@@H]3CCNC3=O)N(C(=O)Cc3ccc4c(c3)CCCC4)C[C@@H]21. The molecule has 34 heavy (non-hydrogen) atoms. The number of benzene rings is 1. The summed E-state index contributed by atoms with van der Waals surface area (Å²) in [5.74, 6) is -0.227. The smallest absolute Gasteiger partial charge is 0.243 e. The maximum Gasteiger partial charge on any atom is 0.243 e. The second-order valence-electron chi connectivity index (χ2n) is 11.2. The van der Waals surface area contributed by atoms with Crippen molar-refractivity contribution in [2.75, 3.05) is 13.1 Å². The Labute approximate surface area is 201 Å². The van der Waals surface area contributed by atoms with Gasteiger partial charge in [-0.25, -0.2) is 0 Å². The summed E-state index contributed by atoms with van der Waals surface area (Å²) >= 11 is 0. The van der Waals surface area contributed by atoms with Crippen LogP contribution in [0, 0.1) is 23.2 Å². The van der Waals surface area contributed by atoms with Crippen LogP contribution in [0.15, 0.2) is 18.2 Å². The lowest BCUT2D eigenvalue weighted by molar-refractivity contribution is -0.140. The molecular weight excluding hydrogens is 430 g/mol. The molecule has 2 saturated heterocycles. The van der Waals surface area contributed by atoms with E-state index < -0.39 is 12.1 Å². The number of aryl methyl sites for hydroxylation is 2. The van der Waals surface area contributed by atoms with Crippen molar-refractivity contribution in [1.82, 2.24) is 15.5 Å². The molecular formula is C27H35N3O4. The second-order valence-corrected chi connectivity index (χ2v) is 11.2. The molecule has 4 aliphatic rings. The summed E-state index contributed by atoms with van der Waals surface area (Å²) in [6.45, 7) is 5.48. The first kappa shape index (κ1) is 23.1. The van der Waals surface area contributed by atoms with Gasteiger partial charge < -0.3 is 20.3 Å². The molecule has 2 aliphatic carbocycles. The molecule has 0 aromatic heterocycles. The number of carbonyl (C=O) groups is 4. The Kier molecular flexibility index (Phi) is 5.98. The van der Waals surface area contributed by atoms with E-state index >= 15 is 0 Å². The van der Waals surface area contributed by atoms with Crippen molar-refractivity contribution < 1.29 is 19.2 Å². The predicted octanol–water partition coefficient (Wildman–Crippen LogP) is 1.80. The van der Waals surface area contributed by atoms with E-state index in [-0.39, 0.29) is 41.4 Å². The zero-order valence-electron chi connectivity index (χ0n) is 20.1. The summed E-state index contributed by atoms with van der Waals surface area (Å²) in [6.07, 6.45) is 6.57. The molecule has 7 nitrogen and oxygen atoms in total. The molecule has 2 aliphatic heterocycles. The number of nitrogens with one attached hydrogen (secondary N) is 2. The quantitative estimate of drug-likeness (QED) is 0.601. The van der Waals surface area contributed by atoms with Crippen LogP contribution in [-0.4, -0.2) is 54.1 Å². The van der Waals surface area contributed by atoms with Crippen molar-refractivity contribution in [2.45, 2.75) is 70.9 Å². The van der Waals surface area contributed by atoms with Gasteiger partial charge in [0.25, 0.3) is 0 Å². The summed E-state index contributed by atoms with van der Waals surface area (Å²) in [4.78, 5) is 52.1. The van der Waals surface area contributed by atoms with Gasteiger partial charge >= 0.3 is 0 Å². The summed E-state index contributed by atoms with van der Waals surface area (Å²) in [7, 11) is 0. The largest absolute Gasteiger partial charge is 0.356 e. The molecule has 7 heteroatoms. The van der Waals surface area contributed by atoms with Gasteiger partial charge in [-0.2, -0.15) is 0 Å². The lowest BCUT2D eigenvalue weighted by Crippen LogP contribution is -2.53. The van der Waals surface area contributed by atoms with Crippen LogP contribution in [0.2, 0.25) is 0 Å². The van der Waals surface area contributed by atoms with Gasteiger partial charge in [-0.3, -0.25) is 14.4 Å². The van der Waals surface area contributed by atoms with E-state index in [9.17, 15) is 19.2 Å². The highest BCUT2D eigenvalue weighted by Crippen LogP contribution is 2.64. The molecule has 3 amide bonds. The number of rotatable bonds is 7. The molecule has 2 N–H and O–H groups in total. The van der Waals surface area contributed by atoms with Crippen molar-refractivity contribution in [3.8, 4) is 0 Å².